The summed E-state index contributed by atoms with van der Waals surface area (Å²) in [6, 6.07) is 0. The Morgan fingerprint density at radius 2 is 1.40 bits per heavy atom. The quantitative estimate of drug-likeness (QED) is 0.545. The highest BCUT2D eigenvalue weighted by Crippen LogP contribution is 2.38. The smallest absolute Gasteiger partial charge is 0.0568 e. The lowest BCUT2D eigenvalue weighted by atomic mass is 9.83. The van der Waals surface area contributed by atoms with Crippen LogP contribution in [0.4, 0.5) is 0 Å². The Balaban J connectivity index is 2.07. The molecule has 0 saturated heterocycles. The van der Waals surface area contributed by atoms with Gasteiger partial charge < -0.3 is 5.11 Å². The molecule has 0 aliphatic heterocycles. The summed E-state index contributed by atoms with van der Waals surface area (Å²) in [4.78, 5) is 0. The second-order valence-corrected chi connectivity index (χ2v) is 3.93. The van der Waals surface area contributed by atoms with Crippen LogP contribution in [0, 0.1) is 11.8 Å². The molecule has 3 aliphatic carbocycles. The lowest BCUT2D eigenvalue weighted by Gasteiger charge is -2.24. The molecule has 0 aromatic rings. The lowest BCUT2D eigenvalue weighted by Crippen LogP contribution is -2.19. The summed E-state index contributed by atoms with van der Waals surface area (Å²) in [6.07, 6.45) is 7.79. The van der Waals surface area contributed by atoms with E-state index in [1.807, 2.05) is 0 Å². The molecule has 10 heavy (non-hydrogen) atoms. The van der Waals surface area contributed by atoms with Crippen LogP contribution in [0.25, 0.3) is 0 Å². The van der Waals surface area contributed by atoms with Gasteiger partial charge in [0.15, 0.2) is 0 Å². The molecule has 0 amide bonds. The van der Waals surface area contributed by atoms with Gasteiger partial charge in [-0.25, -0.2) is 0 Å². The predicted octanol–water partition coefficient (Wildman–Crippen LogP) is 1.95. The van der Waals surface area contributed by atoms with E-state index in [1.165, 1.54) is 32.1 Å². The molecule has 3 saturated carbocycles. The first-order valence-corrected chi connectivity index (χ1v) is 4.54. The molecular formula is C9H16O. The summed E-state index contributed by atoms with van der Waals surface area (Å²) in [5.41, 5.74) is 0. The minimum atomic E-state index is 0.0486. The van der Waals surface area contributed by atoms with Crippen LogP contribution in [-0.4, -0.2) is 11.2 Å². The molecule has 1 nitrogen and oxygen atoms in total. The van der Waals surface area contributed by atoms with E-state index < -0.39 is 0 Å². The fourth-order valence-electron chi connectivity index (χ4n) is 2.50. The second kappa shape index (κ2) is 2.54. The number of aliphatic hydroxyl groups excluding tert-OH is 1. The average molecular weight is 140 g/mol. The number of hydrogen-bond donors (Lipinski definition) is 1. The van der Waals surface area contributed by atoms with Crippen molar-refractivity contribution < 1.29 is 5.11 Å². The third-order valence-electron chi connectivity index (χ3n) is 3.31. The van der Waals surface area contributed by atoms with Crippen molar-refractivity contribution in [2.75, 3.05) is 0 Å². The number of aliphatic hydroxyl groups is 1. The number of rotatable bonds is 0. The van der Waals surface area contributed by atoms with Gasteiger partial charge in [0.2, 0.25) is 0 Å². The Bertz CT molecular complexity index is 114. The third kappa shape index (κ3) is 1.07. The highest BCUT2D eigenvalue weighted by atomic mass is 16.3. The van der Waals surface area contributed by atoms with E-state index >= 15 is 0 Å². The van der Waals surface area contributed by atoms with Gasteiger partial charge >= 0.3 is 0 Å². The molecule has 3 aliphatic rings. The predicted molar refractivity (Wildman–Crippen MR) is 40.7 cm³/mol. The molecule has 3 rings (SSSR count). The highest BCUT2D eigenvalue weighted by Gasteiger charge is 2.30. The molecule has 1 heteroatoms. The molecular weight excluding hydrogens is 124 g/mol. The van der Waals surface area contributed by atoms with Gasteiger partial charge in [0.1, 0.15) is 0 Å². The zero-order valence-corrected chi connectivity index (χ0v) is 6.42. The SMILES string of the molecule is O[C@@H]1CCC2CCC1CC2. The Morgan fingerprint density at radius 3 is 2.10 bits per heavy atom. The van der Waals surface area contributed by atoms with E-state index in [0.717, 1.165) is 12.3 Å². The summed E-state index contributed by atoms with van der Waals surface area (Å²) in [5.74, 6) is 1.63. The topological polar surface area (TPSA) is 20.2 Å². The van der Waals surface area contributed by atoms with Gasteiger partial charge in [0.25, 0.3) is 0 Å². The Hall–Kier alpha value is -0.0400. The first-order valence-electron chi connectivity index (χ1n) is 4.54. The maximum atomic E-state index is 9.58. The maximum absolute atomic E-state index is 9.58. The van der Waals surface area contributed by atoms with Crippen molar-refractivity contribution in [3.8, 4) is 0 Å². The van der Waals surface area contributed by atoms with Crippen molar-refractivity contribution in [3.63, 3.8) is 0 Å². The largest absolute Gasteiger partial charge is 0.393 e. The summed E-state index contributed by atoms with van der Waals surface area (Å²) in [5, 5.41) is 9.58. The number of hydrogen-bond acceptors (Lipinski definition) is 1. The molecule has 1 N–H and O–H groups in total. The maximum Gasteiger partial charge on any atom is 0.0568 e. The Morgan fingerprint density at radius 1 is 0.800 bits per heavy atom. The van der Waals surface area contributed by atoms with Gasteiger partial charge in [-0.15, -0.1) is 0 Å². The van der Waals surface area contributed by atoms with Crippen LogP contribution >= 0.6 is 0 Å². The van der Waals surface area contributed by atoms with Crippen molar-refractivity contribution in [2.24, 2.45) is 11.8 Å². The monoisotopic (exact) mass is 140 g/mol. The van der Waals surface area contributed by atoms with E-state index in [0.29, 0.717) is 5.92 Å². The number of fused-ring (bicyclic) bond motifs is 4. The Kier molecular flexibility index (Phi) is 1.69. The van der Waals surface area contributed by atoms with E-state index in [9.17, 15) is 5.11 Å². The van der Waals surface area contributed by atoms with Crippen LogP contribution in [0.2, 0.25) is 0 Å². The first kappa shape index (κ1) is 6.66. The molecule has 58 valence electrons. The van der Waals surface area contributed by atoms with Crippen molar-refractivity contribution in [1.29, 1.82) is 0 Å². The average Bonchev–Trinajstić information content (AvgIpc) is 2.24. The zero-order valence-electron chi connectivity index (χ0n) is 6.42. The second-order valence-electron chi connectivity index (χ2n) is 3.93. The third-order valence-corrected chi connectivity index (χ3v) is 3.31. The molecule has 0 aromatic carbocycles. The normalized spacial score (nSPS) is 47.1. The zero-order chi connectivity index (χ0) is 6.97. The summed E-state index contributed by atoms with van der Waals surface area (Å²) in [7, 11) is 0. The van der Waals surface area contributed by atoms with E-state index in [2.05, 4.69) is 0 Å². The first-order chi connectivity index (χ1) is 4.86. The highest BCUT2D eigenvalue weighted by molar-refractivity contribution is 4.82. The fraction of sp³-hybridized carbons (Fsp3) is 1.00. The van der Waals surface area contributed by atoms with Crippen LogP contribution < -0.4 is 0 Å². The molecule has 1 atom stereocenters. The molecule has 0 heterocycles. The van der Waals surface area contributed by atoms with Crippen LogP contribution in [0.3, 0.4) is 0 Å². The molecule has 3 fully saturated rings. The summed E-state index contributed by atoms with van der Waals surface area (Å²) < 4.78 is 0. The van der Waals surface area contributed by atoms with Crippen LogP contribution in [-0.2, 0) is 0 Å². The van der Waals surface area contributed by atoms with E-state index in [4.69, 9.17) is 0 Å². The van der Waals surface area contributed by atoms with Crippen molar-refractivity contribution in [1.82, 2.24) is 0 Å². The van der Waals surface area contributed by atoms with Gasteiger partial charge in [-0.1, -0.05) is 12.8 Å². The minimum absolute atomic E-state index is 0.0486. The van der Waals surface area contributed by atoms with Gasteiger partial charge in [-0.2, -0.15) is 0 Å². The van der Waals surface area contributed by atoms with Gasteiger partial charge in [0.05, 0.1) is 6.10 Å². The van der Waals surface area contributed by atoms with E-state index in [1.54, 1.807) is 0 Å². The van der Waals surface area contributed by atoms with Crippen LogP contribution in [0.1, 0.15) is 38.5 Å². The standard InChI is InChI=1S/C9H16O/c10-9-6-3-7-1-4-8(9)5-2-7/h7-10H,1-6H2/t7?,8?,9-/m1/s1. The van der Waals surface area contributed by atoms with Crippen molar-refractivity contribution >= 4 is 0 Å². The molecule has 0 spiro atoms. The molecule has 0 unspecified atom stereocenters. The molecule has 0 aromatic heterocycles. The van der Waals surface area contributed by atoms with Crippen molar-refractivity contribution in [3.05, 3.63) is 0 Å². The van der Waals surface area contributed by atoms with Gasteiger partial charge in [-0.3, -0.25) is 0 Å². The Labute approximate surface area is 62.4 Å². The molecule has 2 bridgehead atoms. The van der Waals surface area contributed by atoms with Crippen molar-refractivity contribution in [2.45, 2.75) is 44.6 Å². The van der Waals surface area contributed by atoms with Crippen LogP contribution in [0.5, 0.6) is 0 Å². The molecule has 0 radical (unpaired) electrons. The summed E-state index contributed by atoms with van der Waals surface area (Å²) >= 11 is 0. The van der Waals surface area contributed by atoms with Gasteiger partial charge in [-0.05, 0) is 37.5 Å². The minimum Gasteiger partial charge on any atom is -0.393 e. The van der Waals surface area contributed by atoms with Gasteiger partial charge in [0, 0.05) is 0 Å². The lowest BCUT2D eigenvalue weighted by molar-refractivity contribution is 0.0953. The van der Waals surface area contributed by atoms with E-state index in [-0.39, 0.29) is 6.10 Å². The summed E-state index contributed by atoms with van der Waals surface area (Å²) in [6.45, 7) is 0. The fourth-order valence-corrected chi connectivity index (χ4v) is 2.50. The van der Waals surface area contributed by atoms with Crippen LogP contribution in [0.15, 0.2) is 0 Å².